The second-order valence-electron chi connectivity index (χ2n) is 5.89. The van der Waals surface area contributed by atoms with Crippen molar-refractivity contribution in [2.24, 2.45) is 5.41 Å². The highest BCUT2D eigenvalue weighted by atomic mass is 35.5. The van der Waals surface area contributed by atoms with Crippen LogP contribution in [0.1, 0.15) is 11.5 Å². The molecule has 0 heterocycles. The van der Waals surface area contributed by atoms with Gasteiger partial charge in [-0.3, -0.25) is 0 Å². The van der Waals surface area contributed by atoms with Gasteiger partial charge in [-0.2, -0.15) is 5.26 Å². The van der Waals surface area contributed by atoms with Crippen molar-refractivity contribution in [2.45, 2.75) is 16.1 Å². The topological polar surface area (TPSA) is 67.2 Å². The molecule has 0 N–H and O–H groups in total. The van der Waals surface area contributed by atoms with Crippen LogP contribution in [-0.4, -0.2) is 27.4 Å². The maximum atomic E-state index is 13.1. The second kappa shape index (κ2) is 6.21. The Morgan fingerprint density at radius 1 is 1.17 bits per heavy atom. The summed E-state index contributed by atoms with van der Waals surface area (Å²) in [6.45, 7) is 0.0630. The van der Waals surface area contributed by atoms with Gasteiger partial charge in [-0.25, -0.2) is 8.42 Å². The third kappa shape index (κ3) is 2.61. The number of sulfone groups is 1. The summed E-state index contributed by atoms with van der Waals surface area (Å²) in [5.74, 6) is -0.440. The molecule has 3 rings (SSSR count). The number of benzene rings is 2. The summed E-state index contributed by atoms with van der Waals surface area (Å²) in [7, 11) is -2.18. The molecule has 1 aliphatic rings. The number of methoxy groups -OCH3 is 1. The third-order valence-electron chi connectivity index (χ3n) is 4.48. The molecular formula is C18H16ClNO3S. The Hall–Kier alpha value is -1.87. The summed E-state index contributed by atoms with van der Waals surface area (Å²) in [6, 6.07) is 17.4. The van der Waals surface area contributed by atoms with Crippen molar-refractivity contribution >= 4 is 21.4 Å². The lowest BCUT2D eigenvalue weighted by Crippen LogP contribution is -2.19. The van der Waals surface area contributed by atoms with Gasteiger partial charge in [0.15, 0.2) is 9.84 Å². The molecule has 2 aromatic rings. The summed E-state index contributed by atoms with van der Waals surface area (Å²) in [6.07, 6.45) is 0. The monoisotopic (exact) mass is 361 g/mol. The molecule has 6 heteroatoms. The van der Waals surface area contributed by atoms with Gasteiger partial charge in [0.25, 0.3) is 0 Å². The third-order valence-corrected chi connectivity index (χ3v) is 7.03. The van der Waals surface area contributed by atoms with E-state index in [0.29, 0.717) is 5.02 Å². The van der Waals surface area contributed by atoms with Crippen LogP contribution in [0.15, 0.2) is 59.5 Å². The maximum absolute atomic E-state index is 13.1. The molecule has 0 saturated heterocycles. The largest absolute Gasteiger partial charge is 0.383 e. The van der Waals surface area contributed by atoms with Crippen LogP contribution in [-0.2, 0) is 14.6 Å². The summed E-state index contributed by atoms with van der Waals surface area (Å²) in [5, 5.41) is 9.47. The SMILES string of the molecule is COCC1(C#N)C(c2ccc(Cl)cc2)C1S(=O)(=O)c1ccccc1. The van der Waals surface area contributed by atoms with Gasteiger partial charge in [-0.05, 0) is 29.8 Å². The van der Waals surface area contributed by atoms with Crippen molar-refractivity contribution in [3.05, 3.63) is 65.2 Å². The van der Waals surface area contributed by atoms with Crippen LogP contribution in [0, 0.1) is 16.7 Å². The van der Waals surface area contributed by atoms with Crippen LogP contribution >= 0.6 is 11.6 Å². The van der Waals surface area contributed by atoms with Gasteiger partial charge in [-0.1, -0.05) is 41.9 Å². The molecule has 0 spiro atoms. The fourth-order valence-electron chi connectivity index (χ4n) is 3.34. The molecule has 1 aliphatic carbocycles. The van der Waals surface area contributed by atoms with Gasteiger partial charge in [0.1, 0.15) is 5.41 Å². The number of halogens is 1. The first-order chi connectivity index (χ1) is 11.5. The van der Waals surface area contributed by atoms with Gasteiger partial charge in [-0.15, -0.1) is 0 Å². The predicted octanol–water partition coefficient (Wildman–Crippen LogP) is 3.44. The first-order valence-electron chi connectivity index (χ1n) is 7.42. The zero-order valence-corrected chi connectivity index (χ0v) is 14.6. The van der Waals surface area contributed by atoms with E-state index in [-0.39, 0.29) is 11.5 Å². The summed E-state index contributed by atoms with van der Waals surface area (Å²) < 4.78 is 31.3. The van der Waals surface area contributed by atoms with Crippen molar-refractivity contribution in [1.82, 2.24) is 0 Å². The number of hydrogen-bond acceptors (Lipinski definition) is 4. The molecule has 0 bridgehead atoms. The van der Waals surface area contributed by atoms with Gasteiger partial charge in [0.05, 0.1) is 22.8 Å². The molecular weight excluding hydrogens is 346 g/mol. The lowest BCUT2D eigenvalue weighted by atomic mass is 10.0. The minimum absolute atomic E-state index is 0.0630. The van der Waals surface area contributed by atoms with Gasteiger partial charge < -0.3 is 4.74 Å². The summed E-state index contributed by atoms with van der Waals surface area (Å²) in [4.78, 5) is 0.224. The van der Waals surface area contributed by atoms with E-state index in [2.05, 4.69) is 6.07 Å². The molecule has 1 saturated carbocycles. The zero-order chi connectivity index (χ0) is 17.4. The highest BCUT2D eigenvalue weighted by molar-refractivity contribution is 7.92. The van der Waals surface area contributed by atoms with E-state index in [1.165, 1.54) is 7.11 Å². The molecule has 0 radical (unpaired) electrons. The van der Waals surface area contributed by atoms with E-state index >= 15 is 0 Å². The fourth-order valence-corrected chi connectivity index (χ4v) is 5.79. The molecule has 1 fully saturated rings. The highest BCUT2D eigenvalue weighted by Gasteiger charge is 2.72. The van der Waals surface area contributed by atoms with E-state index in [0.717, 1.165) is 5.56 Å². The summed E-state index contributed by atoms with van der Waals surface area (Å²) in [5.41, 5.74) is -0.306. The van der Waals surface area contributed by atoms with Crippen LogP contribution in [0.4, 0.5) is 0 Å². The smallest absolute Gasteiger partial charge is 0.183 e. The fraction of sp³-hybridized carbons (Fsp3) is 0.278. The van der Waals surface area contributed by atoms with Crippen molar-refractivity contribution in [3.8, 4) is 6.07 Å². The molecule has 3 atom stereocenters. The average Bonchev–Trinajstić information content (AvgIpc) is 3.26. The lowest BCUT2D eigenvalue weighted by molar-refractivity contribution is 0.162. The Bertz CT molecular complexity index is 875. The van der Waals surface area contributed by atoms with Crippen LogP contribution in [0.5, 0.6) is 0 Å². The van der Waals surface area contributed by atoms with E-state index in [1.54, 1.807) is 54.6 Å². The molecule has 3 unspecified atom stereocenters. The van der Waals surface area contributed by atoms with Crippen LogP contribution in [0.2, 0.25) is 5.02 Å². The lowest BCUT2D eigenvalue weighted by Gasteiger charge is -2.08. The second-order valence-corrected chi connectivity index (χ2v) is 8.40. The summed E-state index contributed by atoms with van der Waals surface area (Å²) >= 11 is 5.92. The Morgan fingerprint density at radius 2 is 1.79 bits per heavy atom. The number of rotatable bonds is 5. The molecule has 124 valence electrons. The van der Waals surface area contributed by atoms with Crippen molar-refractivity contribution in [2.75, 3.05) is 13.7 Å². The Morgan fingerprint density at radius 3 is 2.33 bits per heavy atom. The van der Waals surface area contributed by atoms with E-state index in [9.17, 15) is 13.7 Å². The first kappa shape index (κ1) is 17.0. The Balaban J connectivity index is 2.08. The van der Waals surface area contributed by atoms with E-state index in [1.807, 2.05) is 0 Å². The number of hydrogen-bond donors (Lipinski definition) is 0. The Labute approximate surface area is 146 Å². The van der Waals surface area contributed by atoms with Crippen LogP contribution < -0.4 is 0 Å². The van der Waals surface area contributed by atoms with Gasteiger partial charge >= 0.3 is 0 Å². The number of nitrogens with zero attached hydrogens (tertiary/aromatic N) is 1. The Kier molecular flexibility index (Phi) is 4.39. The highest BCUT2D eigenvalue weighted by Crippen LogP contribution is 2.63. The maximum Gasteiger partial charge on any atom is 0.183 e. The first-order valence-corrected chi connectivity index (χ1v) is 9.34. The number of ether oxygens (including phenoxy) is 1. The standard InChI is InChI=1S/C18H16ClNO3S/c1-23-12-18(11-20)16(13-7-9-14(19)10-8-13)17(18)24(21,22)15-5-3-2-4-6-15/h2-10,16-17H,12H2,1H3. The molecule has 0 amide bonds. The molecule has 4 nitrogen and oxygen atoms in total. The average molecular weight is 362 g/mol. The number of nitriles is 1. The van der Waals surface area contributed by atoms with Crippen molar-refractivity contribution in [1.29, 1.82) is 5.26 Å². The predicted molar refractivity (Wildman–Crippen MR) is 91.5 cm³/mol. The molecule has 0 aromatic heterocycles. The van der Waals surface area contributed by atoms with Gasteiger partial charge in [0.2, 0.25) is 0 Å². The van der Waals surface area contributed by atoms with E-state index < -0.39 is 26.4 Å². The quantitative estimate of drug-likeness (QED) is 0.818. The van der Waals surface area contributed by atoms with Crippen molar-refractivity contribution < 1.29 is 13.2 Å². The minimum Gasteiger partial charge on any atom is -0.383 e. The van der Waals surface area contributed by atoms with Crippen LogP contribution in [0.3, 0.4) is 0 Å². The minimum atomic E-state index is -3.65. The zero-order valence-electron chi connectivity index (χ0n) is 13.0. The molecule has 0 aliphatic heterocycles. The van der Waals surface area contributed by atoms with Gasteiger partial charge in [0, 0.05) is 18.1 Å². The van der Waals surface area contributed by atoms with Crippen LogP contribution in [0.25, 0.3) is 0 Å². The molecule has 2 aromatic carbocycles. The molecule has 24 heavy (non-hydrogen) atoms. The van der Waals surface area contributed by atoms with E-state index in [4.69, 9.17) is 16.3 Å². The van der Waals surface area contributed by atoms with Crippen molar-refractivity contribution in [3.63, 3.8) is 0 Å². The normalized spacial score (nSPS) is 25.9.